The number of carbonyl (C=O) groups is 3. The molecular formula is C36H46N10O5. The van der Waals surface area contributed by atoms with Crippen LogP contribution in [-0.2, 0) is 13.1 Å². The molecule has 15 nitrogen and oxygen atoms in total. The summed E-state index contributed by atoms with van der Waals surface area (Å²) in [6.45, 7) is 7.24. The number of carbonyl (C=O) groups excluding carboxylic acids is 3. The summed E-state index contributed by atoms with van der Waals surface area (Å²) in [6, 6.07) is 7.89. The maximum Gasteiger partial charge on any atom is 0.276 e. The minimum absolute atomic E-state index is 0.219. The van der Waals surface area contributed by atoms with Gasteiger partial charge in [-0.3, -0.25) is 24.4 Å². The molecule has 0 aliphatic carbocycles. The SMILES string of the molecule is CCn1nc(C)cc1C(=O)Nc1nc2cc(C(N)=O)cc(OC)c2n1C/C=C/CNc1c(N)cc(C(N)=O)cc1OC/C=C/CC1CCNCC1. The van der Waals surface area contributed by atoms with Gasteiger partial charge in [-0.15, -0.1) is 0 Å². The van der Waals surface area contributed by atoms with Crippen LogP contribution in [0.1, 0.15) is 63.1 Å². The summed E-state index contributed by atoms with van der Waals surface area (Å²) in [5, 5.41) is 13.9. The number of aryl methyl sites for hydroxylation is 2. The van der Waals surface area contributed by atoms with Crippen LogP contribution in [0, 0.1) is 12.8 Å². The van der Waals surface area contributed by atoms with Crippen molar-refractivity contribution in [2.45, 2.75) is 46.2 Å². The fourth-order valence-corrected chi connectivity index (χ4v) is 6.05. The molecule has 1 aliphatic rings. The lowest BCUT2D eigenvalue weighted by atomic mass is 9.95. The second-order valence-corrected chi connectivity index (χ2v) is 12.3. The molecule has 270 valence electrons. The molecule has 9 N–H and O–H groups in total. The van der Waals surface area contributed by atoms with Crippen molar-refractivity contribution in [2.24, 2.45) is 17.4 Å². The van der Waals surface area contributed by atoms with Crippen molar-refractivity contribution in [2.75, 3.05) is 49.7 Å². The average Bonchev–Trinajstić information content (AvgIpc) is 3.67. The third kappa shape index (κ3) is 8.86. The Bertz CT molecular complexity index is 1960. The second-order valence-electron chi connectivity index (χ2n) is 12.3. The van der Waals surface area contributed by atoms with Crippen LogP contribution in [0.2, 0.25) is 0 Å². The molecule has 1 fully saturated rings. The van der Waals surface area contributed by atoms with E-state index in [9.17, 15) is 14.4 Å². The van der Waals surface area contributed by atoms with Gasteiger partial charge in [0.1, 0.15) is 35.0 Å². The number of allylic oxidation sites excluding steroid dienone is 2. The molecule has 2 aromatic carbocycles. The number of hydrogen-bond donors (Lipinski definition) is 6. The summed E-state index contributed by atoms with van der Waals surface area (Å²) in [5.41, 5.74) is 20.8. The number of nitrogens with one attached hydrogen (secondary N) is 3. The van der Waals surface area contributed by atoms with Crippen LogP contribution in [0.5, 0.6) is 11.5 Å². The van der Waals surface area contributed by atoms with Gasteiger partial charge in [-0.2, -0.15) is 5.10 Å². The zero-order chi connectivity index (χ0) is 36.5. The Morgan fingerprint density at radius 1 is 1.00 bits per heavy atom. The molecule has 1 aliphatic heterocycles. The number of methoxy groups -OCH3 is 1. The number of rotatable bonds is 16. The predicted octanol–water partition coefficient (Wildman–Crippen LogP) is 3.60. The Morgan fingerprint density at radius 3 is 2.43 bits per heavy atom. The van der Waals surface area contributed by atoms with E-state index in [1.54, 1.807) is 27.4 Å². The summed E-state index contributed by atoms with van der Waals surface area (Å²) in [7, 11) is 1.48. The summed E-state index contributed by atoms with van der Waals surface area (Å²) in [4.78, 5) is 42.0. The van der Waals surface area contributed by atoms with Crippen molar-refractivity contribution in [3.05, 3.63) is 77.2 Å². The standard InChI is InChI=1S/C36H46N10O5/c1-4-46-28(17-22(2)44-46)35(49)43-36-42-27-19-25(34(39)48)21-30(50-3)32(27)45(36)15-7-6-12-41-31-26(37)18-24(33(38)47)20-29(31)51-16-8-5-9-23-10-13-40-14-11-23/h5-8,17-21,23,40-41H,4,9-16,37H2,1-3H3,(H2,38,47)(H2,39,48)(H,42,43,49)/b7-6+,8-5+. The molecule has 0 radical (unpaired) electrons. The number of nitrogens with two attached hydrogens (primary N) is 3. The van der Waals surface area contributed by atoms with Gasteiger partial charge >= 0.3 is 0 Å². The van der Waals surface area contributed by atoms with Crippen molar-refractivity contribution in [1.82, 2.24) is 24.6 Å². The molecule has 4 aromatic rings. The number of piperidine rings is 1. The fourth-order valence-electron chi connectivity index (χ4n) is 6.05. The topological polar surface area (TPSA) is 219 Å². The van der Waals surface area contributed by atoms with Crippen LogP contribution in [0.15, 0.2) is 54.6 Å². The number of fused-ring (bicyclic) bond motifs is 1. The van der Waals surface area contributed by atoms with Gasteiger partial charge in [-0.25, -0.2) is 4.98 Å². The van der Waals surface area contributed by atoms with E-state index in [4.69, 9.17) is 26.7 Å². The molecule has 3 heterocycles. The van der Waals surface area contributed by atoms with E-state index >= 15 is 0 Å². The van der Waals surface area contributed by atoms with Crippen LogP contribution < -0.4 is 42.6 Å². The smallest absolute Gasteiger partial charge is 0.276 e. The number of nitrogens with zero attached hydrogens (tertiary/aromatic N) is 4. The number of primary amides is 2. The molecule has 1 saturated heterocycles. The molecule has 5 rings (SSSR count). The van der Waals surface area contributed by atoms with Gasteiger partial charge < -0.3 is 41.9 Å². The predicted molar refractivity (Wildman–Crippen MR) is 197 cm³/mol. The Balaban J connectivity index is 1.34. The minimum atomic E-state index is -0.636. The molecule has 0 bridgehead atoms. The lowest BCUT2D eigenvalue weighted by Gasteiger charge is -2.21. The lowest BCUT2D eigenvalue weighted by molar-refractivity contribution is 0.0991. The van der Waals surface area contributed by atoms with Crippen molar-refractivity contribution in [1.29, 1.82) is 0 Å². The maximum absolute atomic E-state index is 13.4. The van der Waals surface area contributed by atoms with Crippen molar-refractivity contribution >= 4 is 46.1 Å². The molecule has 3 amide bonds. The van der Waals surface area contributed by atoms with Crippen molar-refractivity contribution in [3.63, 3.8) is 0 Å². The highest BCUT2D eigenvalue weighted by Gasteiger charge is 2.21. The van der Waals surface area contributed by atoms with Gasteiger partial charge in [-0.1, -0.05) is 24.3 Å². The molecule has 0 saturated carbocycles. The normalized spacial score (nSPS) is 13.6. The molecule has 2 aromatic heterocycles. The first-order valence-corrected chi connectivity index (χ1v) is 16.9. The first-order chi connectivity index (χ1) is 24.6. The maximum atomic E-state index is 13.4. The third-order valence-electron chi connectivity index (χ3n) is 8.67. The number of ether oxygens (including phenoxy) is 2. The highest BCUT2D eigenvalue weighted by Crippen LogP contribution is 2.33. The van der Waals surface area contributed by atoms with Crippen LogP contribution in [0.4, 0.5) is 17.3 Å². The Kier molecular flexibility index (Phi) is 11.9. The van der Waals surface area contributed by atoms with Crippen LogP contribution in [0.3, 0.4) is 0 Å². The largest absolute Gasteiger partial charge is 0.494 e. The zero-order valence-corrected chi connectivity index (χ0v) is 29.2. The van der Waals surface area contributed by atoms with Gasteiger partial charge in [0.25, 0.3) is 5.91 Å². The van der Waals surface area contributed by atoms with Crippen LogP contribution >= 0.6 is 0 Å². The van der Waals surface area contributed by atoms with E-state index in [1.165, 1.54) is 19.2 Å². The summed E-state index contributed by atoms with van der Waals surface area (Å²) in [6.07, 6.45) is 11.2. The first kappa shape index (κ1) is 36.5. The van der Waals surface area contributed by atoms with Gasteiger partial charge in [0.15, 0.2) is 0 Å². The van der Waals surface area contributed by atoms with Gasteiger partial charge in [0, 0.05) is 30.8 Å². The fraction of sp³-hybridized carbons (Fsp3) is 0.361. The van der Waals surface area contributed by atoms with Gasteiger partial charge in [-0.05, 0) is 82.4 Å². The number of hydrogen-bond acceptors (Lipinski definition) is 10. The van der Waals surface area contributed by atoms with E-state index in [2.05, 4.69) is 32.1 Å². The number of anilines is 3. The Hall–Kier alpha value is -5.83. The quantitative estimate of drug-likeness (QED) is 0.0738. The Labute approximate surface area is 296 Å². The van der Waals surface area contributed by atoms with E-state index in [1.807, 2.05) is 32.1 Å². The average molecular weight is 699 g/mol. The van der Waals surface area contributed by atoms with Crippen LogP contribution in [0.25, 0.3) is 11.0 Å². The highest BCUT2D eigenvalue weighted by atomic mass is 16.5. The highest BCUT2D eigenvalue weighted by molar-refractivity contribution is 6.04. The monoisotopic (exact) mass is 698 g/mol. The molecule has 0 unspecified atom stereocenters. The van der Waals surface area contributed by atoms with Crippen molar-refractivity contribution in [3.8, 4) is 11.5 Å². The van der Waals surface area contributed by atoms with E-state index in [0.717, 1.165) is 32.4 Å². The molecule has 0 spiro atoms. The molecule has 51 heavy (non-hydrogen) atoms. The van der Waals surface area contributed by atoms with Gasteiger partial charge in [0.2, 0.25) is 17.8 Å². The summed E-state index contributed by atoms with van der Waals surface area (Å²) >= 11 is 0. The molecule has 15 heteroatoms. The number of imidazole rings is 1. The van der Waals surface area contributed by atoms with E-state index in [0.29, 0.717) is 70.9 Å². The van der Waals surface area contributed by atoms with Crippen molar-refractivity contribution < 1.29 is 23.9 Å². The van der Waals surface area contributed by atoms with E-state index < -0.39 is 17.7 Å². The molecule has 0 atom stereocenters. The van der Waals surface area contributed by atoms with E-state index in [-0.39, 0.29) is 23.6 Å². The minimum Gasteiger partial charge on any atom is -0.494 e. The van der Waals surface area contributed by atoms with Gasteiger partial charge in [0.05, 0.1) is 24.0 Å². The molecular weight excluding hydrogens is 652 g/mol. The third-order valence-corrected chi connectivity index (χ3v) is 8.67. The summed E-state index contributed by atoms with van der Waals surface area (Å²) < 4.78 is 15.0. The zero-order valence-electron chi connectivity index (χ0n) is 29.2. The second kappa shape index (κ2) is 16.7. The first-order valence-electron chi connectivity index (χ1n) is 16.9. The summed E-state index contributed by atoms with van der Waals surface area (Å²) in [5.74, 6) is 0.0409. The van der Waals surface area contributed by atoms with Crippen LogP contribution in [-0.4, -0.2) is 70.4 Å². The lowest BCUT2D eigenvalue weighted by Crippen LogP contribution is -2.27. The Morgan fingerprint density at radius 2 is 1.73 bits per heavy atom. The number of amides is 3. The number of aromatic nitrogens is 4. The number of benzene rings is 2. The number of nitrogen functional groups attached to an aromatic ring is 1.